The number of hydrogen-bond donors (Lipinski definition) is 1. The van der Waals surface area contributed by atoms with Crippen LogP contribution in [0.25, 0.3) is 0 Å². The Balaban J connectivity index is 2.05. The second-order valence-corrected chi connectivity index (χ2v) is 4.22. The fourth-order valence-corrected chi connectivity index (χ4v) is 2.17. The van der Waals surface area contributed by atoms with Crippen molar-refractivity contribution in [2.45, 2.75) is 18.8 Å². The first kappa shape index (κ1) is 11.8. The minimum atomic E-state index is -0.922. The minimum absolute atomic E-state index is 0.112. The van der Waals surface area contributed by atoms with Crippen LogP contribution in [0.4, 0.5) is 13.6 Å². The molecule has 0 atom stereocenters. The summed E-state index contributed by atoms with van der Waals surface area (Å²) in [5.41, 5.74) is 0.744. The number of carboxylic acid groups (broad SMARTS) is 1. The van der Waals surface area contributed by atoms with Crippen LogP contribution in [0.15, 0.2) is 18.2 Å². The van der Waals surface area contributed by atoms with Gasteiger partial charge in [-0.25, -0.2) is 13.6 Å². The molecule has 1 heterocycles. The van der Waals surface area contributed by atoms with E-state index in [-0.39, 0.29) is 5.92 Å². The van der Waals surface area contributed by atoms with Crippen LogP contribution in [-0.4, -0.2) is 29.2 Å². The third-order valence-electron chi connectivity index (χ3n) is 3.18. The zero-order valence-corrected chi connectivity index (χ0v) is 9.20. The number of nitrogens with zero attached hydrogens (tertiary/aromatic N) is 1. The molecule has 0 aliphatic carbocycles. The summed E-state index contributed by atoms with van der Waals surface area (Å²) in [6.45, 7) is 0.887. The maximum absolute atomic E-state index is 13.1. The molecule has 1 aromatic rings. The fraction of sp³-hybridized carbons (Fsp3) is 0.417. The lowest BCUT2D eigenvalue weighted by Crippen LogP contribution is -2.36. The first-order valence-corrected chi connectivity index (χ1v) is 5.50. The Morgan fingerprint density at radius 1 is 1.24 bits per heavy atom. The number of carbonyl (C=O) groups is 1. The van der Waals surface area contributed by atoms with Gasteiger partial charge in [-0.05, 0) is 36.5 Å². The summed E-state index contributed by atoms with van der Waals surface area (Å²) >= 11 is 0. The molecule has 0 unspecified atom stereocenters. The summed E-state index contributed by atoms with van der Waals surface area (Å²) in [4.78, 5) is 12.1. The van der Waals surface area contributed by atoms with Crippen molar-refractivity contribution in [1.82, 2.24) is 4.90 Å². The van der Waals surface area contributed by atoms with Crippen molar-refractivity contribution in [2.75, 3.05) is 13.1 Å². The van der Waals surface area contributed by atoms with E-state index in [1.165, 1.54) is 11.0 Å². The van der Waals surface area contributed by atoms with Gasteiger partial charge in [0.25, 0.3) is 0 Å². The molecule has 5 heteroatoms. The highest BCUT2D eigenvalue weighted by Crippen LogP contribution is 2.28. The van der Waals surface area contributed by atoms with Crippen molar-refractivity contribution in [2.24, 2.45) is 0 Å². The van der Waals surface area contributed by atoms with Gasteiger partial charge >= 0.3 is 6.09 Å². The van der Waals surface area contributed by atoms with Crippen LogP contribution in [0.1, 0.15) is 24.3 Å². The number of benzene rings is 1. The Hall–Kier alpha value is -1.65. The predicted octanol–water partition coefficient (Wildman–Crippen LogP) is 2.82. The van der Waals surface area contributed by atoms with Gasteiger partial charge in [0.05, 0.1) is 0 Å². The van der Waals surface area contributed by atoms with E-state index in [1.54, 1.807) is 6.07 Å². The third-order valence-corrected chi connectivity index (χ3v) is 3.18. The van der Waals surface area contributed by atoms with Gasteiger partial charge in [-0.3, -0.25) is 0 Å². The van der Waals surface area contributed by atoms with Gasteiger partial charge in [0.2, 0.25) is 0 Å². The molecule has 3 nitrogen and oxygen atoms in total. The van der Waals surface area contributed by atoms with Gasteiger partial charge in [-0.2, -0.15) is 0 Å². The molecule has 1 fully saturated rings. The Morgan fingerprint density at radius 3 is 2.41 bits per heavy atom. The second-order valence-electron chi connectivity index (χ2n) is 4.22. The van der Waals surface area contributed by atoms with Crippen molar-refractivity contribution < 1.29 is 18.7 Å². The Kier molecular flexibility index (Phi) is 3.26. The van der Waals surface area contributed by atoms with Gasteiger partial charge in [0, 0.05) is 13.1 Å². The molecule has 1 aliphatic rings. The molecular weight excluding hydrogens is 228 g/mol. The summed E-state index contributed by atoms with van der Waals surface area (Å²) in [5, 5.41) is 8.79. The summed E-state index contributed by atoms with van der Waals surface area (Å²) in [6.07, 6.45) is 0.378. The van der Waals surface area contributed by atoms with Crippen molar-refractivity contribution >= 4 is 6.09 Å². The molecule has 0 bridgehead atoms. The average molecular weight is 241 g/mol. The van der Waals surface area contributed by atoms with E-state index in [2.05, 4.69) is 0 Å². The van der Waals surface area contributed by atoms with E-state index < -0.39 is 17.7 Å². The van der Waals surface area contributed by atoms with Crippen LogP contribution in [0.2, 0.25) is 0 Å². The molecule has 0 aromatic heterocycles. The molecule has 0 saturated carbocycles. The summed E-state index contributed by atoms with van der Waals surface area (Å²) in [6, 6.07) is 3.89. The molecular formula is C12H13F2NO2. The van der Waals surface area contributed by atoms with E-state index >= 15 is 0 Å². The van der Waals surface area contributed by atoms with Gasteiger partial charge in [-0.15, -0.1) is 0 Å². The first-order chi connectivity index (χ1) is 8.08. The number of halogens is 2. The van der Waals surface area contributed by atoms with E-state index in [1.807, 2.05) is 0 Å². The van der Waals surface area contributed by atoms with Crippen molar-refractivity contribution in [3.63, 3.8) is 0 Å². The van der Waals surface area contributed by atoms with Gasteiger partial charge in [-0.1, -0.05) is 6.07 Å². The Labute approximate surface area is 97.7 Å². The second kappa shape index (κ2) is 4.69. The number of likely N-dealkylation sites (tertiary alicyclic amines) is 1. The van der Waals surface area contributed by atoms with Gasteiger partial charge < -0.3 is 10.0 Å². The standard InChI is InChI=1S/C12H13F2NO2/c13-10-2-1-9(7-11(10)14)8-3-5-15(6-4-8)12(16)17/h1-2,7-8H,3-6H2,(H,16,17). The van der Waals surface area contributed by atoms with Crippen LogP contribution in [0, 0.1) is 11.6 Å². The molecule has 1 N–H and O–H groups in total. The summed E-state index contributed by atoms with van der Waals surface area (Å²) in [7, 11) is 0. The van der Waals surface area contributed by atoms with Crippen molar-refractivity contribution in [1.29, 1.82) is 0 Å². The number of rotatable bonds is 1. The van der Waals surface area contributed by atoms with E-state index in [0.717, 1.165) is 11.6 Å². The Bertz CT molecular complexity index is 429. The SMILES string of the molecule is O=C(O)N1CCC(c2ccc(F)c(F)c2)CC1. The molecule has 0 radical (unpaired) electrons. The highest BCUT2D eigenvalue weighted by atomic mass is 19.2. The summed E-state index contributed by atoms with van der Waals surface area (Å²) in [5.74, 6) is -1.58. The molecule has 1 aromatic carbocycles. The molecule has 0 spiro atoms. The van der Waals surface area contributed by atoms with Crippen LogP contribution in [0.3, 0.4) is 0 Å². The first-order valence-electron chi connectivity index (χ1n) is 5.50. The highest BCUT2D eigenvalue weighted by molar-refractivity contribution is 5.65. The zero-order chi connectivity index (χ0) is 12.4. The lowest BCUT2D eigenvalue weighted by atomic mass is 9.89. The smallest absolute Gasteiger partial charge is 0.407 e. The maximum Gasteiger partial charge on any atom is 0.407 e. The lowest BCUT2D eigenvalue weighted by Gasteiger charge is -2.30. The fourth-order valence-electron chi connectivity index (χ4n) is 2.17. The molecule has 17 heavy (non-hydrogen) atoms. The third kappa shape index (κ3) is 2.54. The average Bonchev–Trinajstić information content (AvgIpc) is 2.33. The predicted molar refractivity (Wildman–Crippen MR) is 57.9 cm³/mol. The van der Waals surface area contributed by atoms with Crippen LogP contribution in [-0.2, 0) is 0 Å². The number of piperidine rings is 1. The summed E-state index contributed by atoms with van der Waals surface area (Å²) < 4.78 is 25.8. The zero-order valence-electron chi connectivity index (χ0n) is 9.20. The molecule has 2 rings (SSSR count). The largest absolute Gasteiger partial charge is 0.465 e. The highest BCUT2D eigenvalue weighted by Gasteiger charge is 2.23. The maximum atomic E-state index is 13.1. The van der Waals surface area contributed by atoms with Crippen molar-refractivity contribution in [3.8, 4) is 0 Å². The monoisotopic (exact) mass is 241 g/mol. The molecule has 1 saturated heterocycles. The Morgan fingerprint density at radius 2 is 1.88 bits per heavy atom. The lowest BCUT2D eigenvalue weighted by molar-refractivity contribution is 0.132. The van der Waals surface area contributed by atoms with E-state index in [0.29, 0.717) is 25.9 Å². The quantitative estimate of drug-likeness (QED) is 0.821. The van der Waals surface area contributed by atoms with Crippen LogP contribution in [0.5, 0.6) is 0 Å². The molecule has 92 valence electrons. The van der Waals surface area contributed by atoms with E-state index in [4.69, 9.17) is 5.11 Å². The van der Waals surface area contributed by atoms with Gasteiger partial charge in [0.15, 0.2) is 11.6 Å². The van der Waals surface area contributed by atoms with Gasteiger partial charge in [0.1, 0.15) is 0 Å². The normalized spacial score (nSPS) is 17.2. The molecule has 1 aliphatic heterocycles. The number of amides is 1. The topological polar surface area (TPSA) is 40.5 Å². The van der Waals surface area contributed by atoms with Crippen molar-refractivity contribution in [3.05, 3.63) is 35.4 Å². The molecule has 1 amide bonds. The van der Waals surface area contributed by atoms with Crippen LogP contribution < -0.4 is 0 Å². The number of hydrogen-bond acceptors (Lipinski definition) is 1. The van der Waals surface area contributed by atoms with E-state index in [9.17, 15) is 13.6 Å². The minimum Gasteiger partial charge on any atom is -0.465 e. The van der Waals surface area contributed by atoms with Crippen LogP contribution >= 0.6 is 0 Å².